The predicted octanol–water partition coefficient (Wildman–Crippen LogP) is 2.19. The number of aromatic amines is 1. The average molecular weight is 340 g/mol. The summed E-state index contributed by atoms with van der Waals surface area (Å²) in [5, 5.41) is 12.0. The molecule has 130 valence electrons. The summed E-state index contributed by atoms with van der Waals surface area (Å²) in [6, 6.07) is 7.95. The topological polar surface area (TPSA) is 84.2 Å². The summed E-state index contributed by atoms with van der Waals surface area (Å²) >= 11 is 0. The van der Waals surface area contributed by atoms with Crippen molar-refractivity contribution in [2.75, 3.05) is 26.3 Å². The zero-order chi connectivity index (χ0) is 17.2. The fourth-order valence-electron chi connectivity index (χ4n) is 3.27. The molecule has 25 heavy (non-hydrogen) atoms. The van der Waals surface area contributed by atoms with Crippen LogP contribution in [-0.2, 0) is 11.2 Å². The molecule has 3 heterocycles. The second-order valence-corrected chi connectivity index (χ2v) is 6.51. The van der Waals surface area contributed by atoms with Gasteiger partial charge in [-0.25, -0.2) is 0 Å². The first-order valence-electron chi connectivity index (χ1n) is 8.41. The normalized spacial score (nSPS) is 18.4. The van der Waals surface area contributed by atoms with Crippen molar-refractivity contribution in [2.45, 2.75) is 13.3 Å². The van der Waals surface area contributed by atoms with E-state index in [9.17, 15) is 4.79 Å². The Bertz CT molecular complexity index is 885. The monoisotopic (exact) mass is 340 g/mol. The Morgan fingerprint density at radius 3 is 3.16 bits per heavy atom. The number of aromatic nitrogens is 3. The summed E-state index contributed by atoms with van der Waals surface area (Å²) < 4.78 is 10.7. The van der Waals surface area contributed by atoms with Crippen LogP contribution >= 0.6 is 0 Å². The van der Waals surface area contributed by atoms with E-state index >= 15 is 0 Å². The van der Waals surface area contributed by atoms with Crippen molar-refractivity contribution >= 4 is 16.8 Å². The maximum absolute atomic E-state index is 12.6. The number of nitrogens with zero attached hydrogens (tertiary/aromatic N) is 3. The van der Waals surface area contributed by atoms with E-state index in [1.807, 2.05) is 17.2 Å². The third kappa shape index (κ3) is 3.41. The largest absolute Gasteiger partial charge is 0.379 e. The fraction of sp³-hybridized carbons (Fsp3) is 0.389. The van der Waals surface area contributed by atoms with Gasteiger partial charge in [0.1, 0.15) is 5.76 Å². The molecule has 7 heteroatoms. The second-order valence-electron chi connectivity index (χ2n) is 6.51. The average Bonchev–Trinajstić information content (AvgIpc) is 3.18. The Hall–Kier alpha value is -2.67. The molecule has 0 unspecified atom stereocenters. The minimum Gasteiger partial charge on any atom is -0.379 e. The van der Waals surface area contributed by atoms with Crippen LogP contribution in [0.3, 0.4) is 0 Å². The van der Waals surface area contributed by atoms with E-state index in [-0.39, 0.29) is 11.8 Å². The molecule has 1 amide bonds. The van der Waals surface area contributed by atoms with Crippen LogP contribution in [0.1, 0.15) is 21.8 Å². The highest BCUT2D eigenvalue weighted by Gasteiger charge is 2.25. The number of rotatable bonds is 3. The van der Waals surface area contributed by atoms with Gasteiger partial charge in [0.2, 0.25) is 0 Å². The Morgan fingerprint density at radius 1 is 1.40 bits per heavy atom. The first-order chi connectivity index (χ1) is 12.2. The lowest BCUT2D eigenvalue weighted by molar-refractivity contribution is 0.0727. The van der Waals surface area contributed by atoms with E-state index < -0.39 is 0 Å². The number of fused-ring (bicyclic) bond motifs is 1. The molecule has 0 spiro atoms. The smallest absolute Gasteiger partial charge is 0.276 e. The molecule has 4 rings (SSSR count). The van der Waals surface area contributed by atoms with Crippen LogP contribution in [0.15, 0.2) is 35.0 Å². The van der Waals surface area contributed by atoms with Crippen molar-refractivity contribution in [3.63, 3.8) is 0 Å². The molecule has 1 N–H and O–H groups in total. The Kier molecular flexibility index (Phi) is 4.23. The van der Waals surface area contributed by atoms with E-state index in [0.717, 1.165) is 17.3 Å². The third-order valence-corrected chi connectivity index (χ3v) is 4.50. The number of H-pyrrole nitrogens is 1. The lowest BCUT2D eigenvalue weighted by Crippen LogP contribution is -2.36. The van der Waals surface area contributed by atoms with Gasteiger partial charge in [-0.2, -0.15) is 5.10 Å². The fourth-order valence-corrected chi connectivity index (χ4v) is 3.27. The van der Waals surface area contributed by atoms with Gasteiger partial charge in [0.05, 0.1) is 24.9 Å². The molecule has 1 atom stereocenters. The minimum atomic E-state index is -0.0994. The minimum absolute atomic E-state index is 0.0994. The summed E-state index contributed by atoms with van der Waals surface area (Å²) in [5.74, 6) is 0.779. The maximum Gasteiger partial charge on any atom is 0.276 e. The lowest BCUT2D eigenvalue weighted by Gasteiger charge is -2.22. The molecule has 1 fully saturated rings. The van der Waals surface area contributed by atoms with Gasteiger partial charge in [-0.3, -0.25) is 9.89 Å². The number of benzene rings is 1. The molecule has 1 aliphatic heterocycles. The number of ether oxygens (including phenoxy) is 1. The highest BCUT2D eigenvalue weighted by molar-refractivity contribution is 5.92. The van der Waals surface area contributed by atoms with Crippen LogP contribution in [0.25, 0.3) is 10.9 Å². The van der Waals surface area contributed by atoms with Crippen molar-refractivity contribution < 1.29 is 14.1 Å². The molecule has 1 aliphatic rings. The van der Waals surface area contributed by atoms with E-state index in [1.165, 1.54) is 5.56 Å². The van der Waals surface area contributed by atoms with Gasteiger partial charge < -0.3 is 14.2 Å². The van der Waals surface area contributed by atoms with Crippen molar-refractivity contribution in [3.8, 4) is 0 Å². The van der Waals surface area contributed by atoms with Crippen molar-refractivity contribution in [1.29, 1.82) is 0 Å². The third-order valence-electron chi connectivity index (χ3n) is 4.50. The van der Waals surface area contributed by atoms with E-state index in [1.54, 1.807) is 13.0 Å². The van der Waals surface area contributed by atoms with Crippen LogP contribution in [0.5, 0.6) is 0 Å². The highest BCUT2D eigenvalue weighted by atomic mass is 16.5. The van der Waals surface area contributed by atoms with Crippen molar-refractivity contribution in [3.05, 3.63) is 47.5 Å². The summed E-state index contributed by atoms with van der Waals surface area (Å²) in [5.41, 5.74) is 2.60. The van der Waals surface area contributed by atoms with Gasteiger partial charge in [-0.1, -0.05) is 11.2 Å². The van der Waals surface area contributed by atoms with Gasteiger partial charge in [0.15, 0.2) is 5.69 Å². The van der Waals surface area contributed by atoms with E-state index in [0.29, 0.717) is 37.8 Å². The first kappa shape index (κ1) is 15.8. The molecule has 3 aromatic rings. The van der Waals surface area contributed by atoms with E-state index in [2.05, 4.69) is 27.5 Å². The molecule has 0 radical (unpaired) electrons. The van der Waals surface area contributed by atoms with E-state index in [4.69, 9.17) is 9.26 Å². The predicted molar refractivity (Wildman–Crippen MR) is 91.3 cm³/mol. The number of carbonyl (C=O) groups excluding carboxylic acids is 1. The lowest BCUT2D eigenvalue weighted by atomic mass is 9.98. The Labute approximate surface area is 144 Å². The quantitative estimate of drug-likeness (QED) is 0.790. The van der Waals surface area contributed by atoms with Gasteiger partial charge >= 0.3 is 0 Å². The molecule has 0 bridgehead atoms. The molecule has 1 aromatic carbocycles. The summed E-state index contributed by atoms with van der Waals surface area (Å²) in [6.45, 7) is 4.19. The maximum atomic E-state index is 12.6. The molecular weight excluding hydrogens is 320 g/mol. The molecule has 0 aliphatic carbocycles. The van der Waals surface area contributed by atoms with Gasteiger partial charge in [0.25, 0.3) is 5.91 Å². The zero-order valence-electron chi connectivity index (χ0n) is 14.1. The Balaban J connectivity index is 1.48. The molecule has 1 saturated heterocycles. The highest BCUT2D eigenvalue weighted by Crippen LogP contribution is 2.19. The van der Waals surface area contributed by atoms with Crippen LogP contribution in [-0.4, -0.2) is 52.5 Å². The summed E-state index contributed by atoms with van der Waals surface area (Å²) in [6.07, 6.45) is 2.67. The van der Waals surface area contributed by atoms with Crippen molar-refractivity contribution in [2.24, 2.45) is 5.92 Å². The number of carbonyl (C=O) groups is 1. The number of hydrogen-bond donors (Lipinski definition) is 1. The van der Waals surface area contributed by atoms with Crippen molar-refractivity contribution in [1.82, 2.24) is 20.3 Å². The van der Waals surface area contributed by atoms with Crippen LogP contribution in [0.2, 0.25) is 0 Å². The van der Waals surface area contributed by atoms with Gasteiger partial charge in [-0.15, -0.1) is 0 Å². The van der Waals surface area contributed by atoms with Gasteiger partial charge in [0, 0.05) is 30.5 Å². The summed E-state index contributed by atoms with van der Waals surface area (Å²) in [7, 11) is 0. The second kappa shape index (κ2) is 6.68. The summed E-state index contributed by atoms with van der Waals surface area (Å²) in [4.78, 5) is 14.5. The number of nitrogens with one attached hydrogen (secondary N) is 1. The molecule has 7 nitrogen and oxygen atoms in total. The molecular formula is C18H20N4O3. The van der Waals surface area contributed by atoms with Gasteiger partial charge in [-0.05, 0) is 31.0 Å². The standard InChI is InChI=1S/C18H20N4O3/c1-12-6-17(21-25-12)18(23)22-4-5-24-11-14(10-22)7-13-2-3-16-15(8-13)9-19-20-16/h2-3,6,8-9,14H,4-5,7,10-11H2,1H3,(H,19,20)/t14-/m0/s1. The number of amides is 1. The van der Waals surface area contributed by atoms with Crippen LogP contribution in [0.4, 0.5) is 0 Å². The zero-order valence-corrected chi connectivity index (χ0v) is 14.1. The number of aryl methyl sites for hydroxylation is 1. The van der Waals surface area contributed by atoms with Crippen LogP contribution in [0, 0.1) is 12.8 Å². The SMILES string of the molecule is Cc1cc(C(=O)N2CCOC[C@@H](Cc3ccc4[nH]ncc4c3)C2)no1. The number of hydrogen-bond acceptors (Lipinski definition) is 5. The first-order valence-corrected chi connectivity index (χ1v) is 8.41. The van der Waals surface area contributed by atoms with Crippen LogP contribution < -0.4 is 0 Å². The molecule has 0 saturated carbocycles. The Morgan fingerprint density at radius 2 is 2.32 bits per heavy atom. The molecule has 2 aromatic heterocycles.